The Morgan fingerprint density at radius 2 is 1.94 bits per heavy atom. The van der Waals surface area contributed by atoms with Gasteiger partial charge in [-0.3, -0.25) is 0 Å². The van der Waals surface area contributed by atoms with Gasteiger partial charge in [-0.05, 0) is 46.8 Å². The van der Waals surface area contributed by atoms with Crippen molar-refractivity contribution in [3.05, 3.63) is 0 Å². The van der Waals surface area contributed by atoms with Crippen molar-refractivity contribution >= 4 is 0 Å². The molecule has 0 saturated heterocycles. The van der Waals surface area contributed by atoms with Crippen LogP contribution in [-0.2, 0) is 4.74 Å². The lowest BCUT2D eigenvalue weighted by Gasteiger charge is -2.49. The van der Waals surface area contributed by atoms with Gasteiger partial charge < -0.3 is 20.3 Å². The van der Waals surface area contributed by atoms with Crippen molar-refractivity contribution in [2.45, 2.75) is 37.3 Å². The maximum atomic E-state index is 5.63. The molecule has 0 heterocycles. The summed E-state index contributed by atoms with van der Waals surface area (Å²) >= 11 is 0. The molecule has 1 rings (SSSR count). The van der Waals surface area contributed by atoms with Crippen LogP contribution in [-0.4, -0.2) is 69.3 Å². The largest absolute Gasteiger partial charge is 0.380 e. The Bertz CT molecular complexity index is 213. The topological polar surface area (TPSA) is 41.7 Å². The van der Waals surface area contributed by atoms with Crippen LogP contribution in [0.25, 0.3) is 0 Å². The zero-order valence-corrected chi connectivity index (χ0v) is 11.9. The standard InChI is InChI=1S/C13H29N3O/c1-15(2)13(7-5-8-13)11-16(3)9-6-12(10-14)17-4/h12H,5-11,14H2,1-4H3. The van der Waals surface area contributed by atoms with E-state index in [1.54, 1.807) is 7.11 Å². The fourth-order valence-corrected chi connectivity index (χ4v) is 2.61. The van der Waals surface area contributed by atoms with E-state index in [2.05, 4.69) is 30.9 Å². The van der Waals surface area contributed by atoms with Gasteiger partial charge in [0.1, 0.15) is 0 Å². The molecule has 0 spiro atoms. The Morgan fingerprint density at radius 1 is 1.29 bits per heavy atom. The maximum absolute atomic E-state index is 5.63. The van der Waals surface area contributed by atoms with Gasteiger partial charge >= 0.3 is 0 Å². The number of rotatable bonds is 8. The first-order valence-corrected chi connectivity index (χ1v) is 6.63. The second-order valence-electron chi connectivity index (χ2n) is 5.59. The number of hydrogen-bond donors (Lipinski definition) is 1. The van der Waals surface area contributed by atoms with E-state index in [4.69, 9.17) is 10.5 Å². The molecule has 2 N–H and O–H groups in total. The molecule has 4 nitrogen and oxygen atoms in total. The monoisotopic (exact) mass is 243 g/mol. The average molecular weight is 243 g/mol. The van der Waals surface area contributed by atoms with Crippen LogP contribution in [0.4, 0.5) is 0 Å². The van der Waals surface area contributed by atoms with Crippen LogP contribution in [0.2, 0.25) is 0 Å². The molecule has 102 valence electrons. The molecule has 0 aromatic rings. The molecular formula is C13H29N3O. The fraction of sp³-hybridized carbons (Fsp3) is 1.00. The maximum Gasteiger partial charge on any atom is 0.0705 e. The Hall–Kier alpha value is -0.160. The summed E-state index contributed by atoms with van der Waals surface area (Å²) in [4.78, 5) is 4.81. The molecule has 1 aliphatic carbocycles. The molecule has 0 aromatic heterocycles. The van der Waals surface area contributed by atoms with Gasteiger partial charge in [0.15, 0.2) is 0 Å². The highest BCUT2D eigenvalue weighted by Crippen LogP contribution is 2.36. The zero-order valence-electron chi connectivity index (χ0n) is 11.9. The van der Waals surface area contributed by atoms with E-state index < -0.39 is 0 Å². The number of methoxy groups -OCH3 is 1. The highest BCUT2D eigenvalue weighted by Gasteiger charge is 2.39. The van der Waals surface area contributed by atoms with Gasteiger partial charge in [0.2, 0.25) is 0 Å². The summed E-state index contributed by atoms with van der Waals surface area (Å²) in [6.45, 7) is 2.83. The lowest BCUT2D eigenvalue weighted by molar-refractivity contribution is 0.0216. The molecule has 17 heavy (non-hydrogen) atoms. The molecule has 1 saturated carbocycles. The Balaban J connectivity index is 2.31. The van der Waals surface area contributed by atoms with E-state index in [1.165, 1.54) is 19.3 Å². The summed E-state index contributed by atoms with van der Waals surface area (Å²) in [5, 5.41) is 0. The first kappa shape index (κ1) is 14.9. The minimum Gasteiger partial charge on any atom is -0.380 e. The molecule has 1 fully saturated rings. The molecular weight excluding hydrogens is 214 g/mol. The zero-order chi connectivity index (χ0) is 12.9. The lowest BCUT2D eigenvalue weighted by Crippen LogP contribution is -2.56. The van der Waals surface area contributed by atoms with Gasteiger partial charge in [-0.2, -0.15) is 0 Å². The van der Waals surface area contributed by atoms with Gasteiger partial charge in [0.25, 0.3) is 0 Å². The summed E-state index contributed by atoms with van der Waals surface area (Å²) in [6, 6.07) is 0. The van der Waals surface area contributed by atoms with Gasteiger partial charge in [-0.25, -0.2) is 0 Å². The van der Waals surface area contributed by atoms with Gasteiger partial charge in [0.05, 0.1) is 6.10 Å². The number of hydrogen-bond acceptors (Lipinski definition) is 4. The molecule has 0 bridgehead atoms. The van der Waals surface area contributed by atoms with Crippen molar-refractivity contribution in [2.75, 3.05) is 47.9 Å². The minimum absolute atomic E-state index is 0.203. The third-order valence-electron chi connectivity index (χ3n) is 4.23. The number of likely N-dealkylation sites (N-methyl/N-ethyl adjacent to an activating group) is 2. The molecule has 1 aliphatic rings. The van der Waals surface area contributed by atoms with Crippen molar-refractivity contribution in [2.24, 2.45) is 5.73 Å². The first-order valence-electron chi connectivity index (χ1n) is 6.63. The van der Waals surface area contributed by atoms with Crippen molar-refractivity contribution < 1.29 is 4.74 Å². The van der Waals surface area contributed by atoms with E-state index >= 15 is 0 Å². The number of nitrogens with two attached hydrogens (primary N) is 1. The highest BCUT2D eigenvalue weighted by atomic mass is 16.5. The highest BCUT2D eigenvalue weighted by molar-refractivity contribution is 4.97. The SMILES string of the molecule is COC(CN)CCN(C)CC1(N(C)C)CCC1. The van der Waals surface area contributed by atoms with Gasteiger partial charge in [0, 0.05) is 32.3 Å². The second kappa shape index (κ2) is 6.69. The van der Waals surface area contributed by atoms with Crippen LogP contribution >= 0.6 is 0 Å². The quantitative estimate of drug-likeness (QED) is 0.683. The predicted octanol–water partition coefficient (Wildman–Crippen LogP) is 0.766. The second-order valence-corrected chi connectivity index (χ2v) is 5.59. The number of nitrogens with zero attached hydrogens (tertiary/aromatic N) is 2. The normalized spacial score (nSPS) is 20.6. The molecule has 1 atom stereocenters. The summed E-state index contributed by atoms with van der Waals surface area (Å²) < 4.78 is 5.31. The van der Waals surface area contributed by atoms with E-state index in [-0.39, 0.29) is 6.10 Å². The Morgan fingerprint density at radius 3 is 2.29 bits per heavy atom. The lowest BCUT2D eigenvalue weighted by atomic mass is 9.75. The van der Waals surface area contributed by atoms with Crippen LogP contribution in [0.1, 0.15) is 25.7 Å². The third kappa shape index (κ3) is 3.91. The number of ether oxygens (including phenoxy) is 1. The Labute approximate surface area is 106 Å². The molecule has 4 heteroatoms. The summed E-state index contributed by atoms with van der Waals surface area (Å²) in [7, 11) is 8.34. The smallest absolute Gasteiger partial charge is 0.0705 e. The molecule has 0 aromatic carbocycles. The van der Waals surface area contributed by atoms with Crippen molar-refractivity contribution in [1.82, 2.24) is 9.80 Å². The van der Waals surface area contributed by atoms with Crippen LogP contribution in [0.3, 0.4) is 0 Å². The van der Waals surface area contributed by atoms with Crippen molar-refractivity contribution in [3.8, 4) is 0 Å². The predicted molar refractivity (Wildman–Crippen MR) is 72.2 cm³/mol. The van der Waals surface area contributed by atoms with Crippen LogP contribution < -0.4 is 5.73 Å². The summed E-state index contributed by atoms with van der Waals surface area (Å²) in [5.74, 6) is 0. The first-order chi connectivity index (χ1) is 8.04. The van der Waals surface area contributed by atoms with Crippen molar-refractivity contribution in [1.29, 1.82) is 0 Å². The summed E-state index contributed by atoms with van der Waals surface area (Å²) in [6.07, 6.45) is 5.25. The van der Waals surface area contributed by atoms with E-state index in [0.29, 0.717) is 12.1 Å². The molecule has 0 amide bonds. The fourth-order valence-electron chi connectivity index (χ4n) is 2.61. The molecule has 0 aliphatic heterocycles. The van der Waals surface area contributed by atoms with E-state index in [9.17, 15) is 0 Å². The van der Waals surface area contributed by atoms with Crippen molar-refractivity contribution in [3.63, 3.8) is 0 Å². The average Bonchev–Trinajstić information content (AvgIpc) is 2.24. The van der Waals surface area contributed by atoms with Crippen LogP contribution in [0.15, 0.2) is 0 Å². The van der Waals surface area contributed by atoms with Gasteiger partial charge in [-0.1, -0.05) is 0 Å². The van der Waals surface area contributed by atoms with E-state index in [0.717, 1.165) is 19.5 Å². The van der Waals surface area contributed by atoms with Crippen LogP contribution in [0, 0.1) is 0 Å². The Kier molecular flexibility index (Phi) is 5.86. The molecule has 0 radical (unpaired) electrons. The van der Waals surface area contributed by atoms with Crippen LogP contribution in [0.5, 0.6) is 0 Å². The third-order valence-corrected chi connectivity index (χ3v) is 4.23. The summed E-state index contributed by atoms with van der Waals surface area (Å²) in [5.41, 5.74) is 6.05. The van der Waals surface area contributed by atoms with E-state index in [1.807, 2.05) is 0 Å². The molecule has 1 unspecified atom stereocenters. The van der Waals surface area contributed by atoms with Gasteiger partial charge in [-0.15, -0.1) is 0 Å². The minimum atomic E-state index is 0.203.